The highest BCUT2D eigenvalue weighted by Crippen LogP contribution is 2.24. The number of pyridine rings is 1. The smallest absolute Gasteiger partial charge is 0.253 e. The van der Waals surface area contributed by atoms with Gasteiger partial charge in [-0.2, -0.15) is 0 Å². The molecular formula is C16H11N3O. The normalized spacial score (nSPS) is 11.4. The van der Waals surface area contributed by atoms with Crippen molar-refractivity contribution in [1.82, 2.24) is 10.1 Å². The lowest BCUT2D eigenvalue weighted by Gasteiger charge is -2.05. The quantitative estimate of drug-likeness (QED) is 0.212. The van der Waals surface area contributed by atoms with Gasteiger partial charge in [0.15, 0.2) is 0 Å². The van der Waals surface area contributed by atoms with Crippen LogP contribution in [-0.2, 0) is 0 Å². The van der Waals surface area contributed by atoms with Crippen LogP contribution in [0.25, 0.3) is 32.8 Å². The summed E-state index contributed by atoms with van der Waals surface area (Å²) in [4.78, 5) is 5.14. The fourth-order valence-electron chi connectivity index (χ4n) is 2.55. The molecule has 2 aromatic carbocycles. The number of aromatic nitrogens is 3. The van der Waals surface area contributed by atoms with Crippen molar-refractivity contribution >= 4 is 32.8 Å². The highest BCUT2D eigenvalue weighted by molar-refractivity contribution is 6.05. The third-order valence-electron chi connectivity index (χ3n) is 3.54. The highest BCUT2D eigenvalue weighted by atomic mass is 16.5. The van der Waals surface area contributed by atoms with Gasteiger partial charge in [-0.25, -0.2) is 4.98 Å². The molecule has 20 heavy (non-hydrogen) atoms. The van der Waals surface area contributed by atoms with E-state index in [1.165, 1.54) is 0 Å². The maximum absolute atomic E-state index is 12.0. The molecule has 4 rings (SSSR count). The zero-order valence-electron chi connectivity index (χ0n) is 10.9. The van der Waals surface area contributed by atoms with E-state index in [9.17, 15) is 5.21 Å². The first-order chi connectivity index (χ1) is 9.72. The molecule has 0 amide bonds. The average Bonchev–Trinajstić information content (AvgIpc) is 2.46. The summed E-state index contributed by atoms with van der Waals surface area (Å²) in [6, 6.07) is 15.7. The number of fused-ring (bicyclic) bond motifs is 4. The lowest BCUT2D eigenvalue weighted by molar-refractivity contribution is -0.640. The van der Waals surface area contributed by atoms with E-state index in [-0.39, 0.29) is 0 Å². The van der Waals surface area contributed by atoms with E-state index >= 15 is 0 Å². The standard InChI is InChI=1S/C16H11N3O/c1-10-6-7-12-13-9-11-4-2-3-5-14(11)17-16(13)18-19(20)15(12)8-10/h2-9H,1H3. The maximum Gasteiger partial charge on any atom is 0.253 e. The first-order valence-electron chi connectivity index (χ1n) is 6.42. The van der Waals surface area contributed by atoms with E-state index in [4.69, 9.17) is 0 Å². The summed E-state index contributed by atoms with van der Waals surface area (Å²) in [6.07, 6.45) is 0. The zero-order chi connectivity index (χ0) is 13.7. The van der Waals surface area contributed by atoms with Gasteiger partial charge < -0.3 is 5.21 Å². The SMILES string of the molecule is Cc1ccc2c3cc4ccccc4nc3n[n+]([O-])c2c1. The molecule has 4 nitrogen and oxygen atoms in total. The van der Waals surface area contributed by atoms with Crippen molar-refractivity contribution in [2.75, 3.05) is 0 Å². The average molecular weight is 261 g/mol. The second-order valence-corrected chi connectivity index (χ2v) is 4.95. The monoisotopic (exact) mass is 261 g/mol. The number of hydrogen-bond acceptors (Lipinski definition) is 3. The maximum atomic E-state index is 12.0. The van der Waals surface area contributed by atoms with Gasteiger partial charge >= 0.3 is 0 Å². The second kappa shape index (κ2) is 3.87. The Morgan fingerprint density at radius 3 is 2.75 bits per heavy atom. The summed E-state index contributed by atoms with van der Waals surface area (Å²) >= 11 is 0. The molecule has 2 heterocycles. The van der Waals surface area contributed by atoms with Gasteiger partial charge in [0.05, 0.1) is 10.9 Å². The van der Waals surface area contributed by atoms with Crippen molar-refractivity contribution in [2.24, 2.45) is 0 Å². The third-order valence-corrected chi connectivity index (χ3v) is 3.54. The first kappa shape index (κ1) is 11.1. The number of nitrogens with zero attached hydrogens (tertiary/aromatic N) is 3. The Morgan fingerprint density at radius 2 is 1.85 bits per heavy atom. The third kappa shape index (κ3) is 1.51. The van der Waals surface area contributed by atoms with Gasteiger partial charge in [0.25, 0.3) is 5.52 Å². The summed E-state index contributed by atoms with van der Waals surface area (Å²) in [5, 5.41) is 18.9. The van der Waals surface area contributed by atoms with Crippen LogP contribution >= 0.6 is 0 Å². The van der Waals surface area contributed by atoms with Crippen LogP contribution in [0.15, 0.2) is 48.5 Å². The van der Waals surface area contributed by atoms with Crippen molar-refractivity contribution < 1.29 is 4.85 Å². The van der Waals surface area contributed by atoms with Gasteiger partial charge in [0.1, 0.15) is 0 Å². The largest absolute Gasteiger partial charge is 0.594 e. The summed E-state index contributed by atoms with van der Waals surface area (Å²) < 4.78 is 0. The van der Waals surface area contributed by atoms with Crippen LogP contribution in [0.5, 0.6) is 0 Å². The summed E-state index contributed by atoms with van der Waals surface area (Å²) in [6.45, 7) is 1.96. The van der Waals surface area contributed by atoms with Crippen molar-refractivity contribution in [3.63, 3.8) is 0 Å². The summed E-state index contributed by atoms with van der Waals surface area (Å²) in [5.74, 6) is 0. The van der Waals surface area contributed by atoms with E-state index in [0.717, 1.165) is 27.2 Å². The van der Waals surface area contributed by atoms with Crippen LogP contribution < -0.4 is 4.85 Å². The molecule has 0 fully saturated rings. The van der Waals surface area contributed by atoms with Gasteiger partial charge in [-0.05, 0) is 35.5 Å². The van der Waals surface area contributed by atoms with E-state index in [2.05, 4.69) is 10.1 Å². The van der Waals surface area contributed by atoms with Crippen LogP contribution in [0.2, 0.25) is 0 Å². The van der Waals surface area contributed by atoms with Gasteiger partial charge in [-0.1, -0.05) is 24.3 Å². The van der Waals surface area contributed by atoms with Crippen molar-refractivity contribution in [3.05, 3.63) is 59.3 Å². The Labute approximate surface area is 114 Å². The molecule has 0 aliphatic rings. The number of hydrogen-bond donors (Lipinski definition) is 0. The highest BCUT2D eigenvalue weighted by Gasteiger charge is 2.13. The molecule has 0 spiro atoms. The van der Waals surface area contributed by atoms with Crippen molar-refractivity contribution in [1.29, 1.82) is 0 Å². The van der Waals surface area contributed by atoms with Crippen LogP contribution in [0.1, 0.15) is 5.56 Å². The zero-order valence-corrected chi connectivity index (χ0v) is 10.9. The van der Waals surface area contributed by atoms with E-state index in [1.807, 2.05) is 55.5 Å². The summed E-state index contributed by atoms with van der Waals surface area (Å²) in [7, 11) is 0. The molecule has 0 radical (unpaired) electrons. The number of benzene rings is 2. The Kier molecular flexibility index (Phi) is 2.15. The molecule has 0 unspecified atom stereocenters. The molecule has 0 bridgehead atoms. The predicted molar refractivity (Wildman–Crippen MR) is 78.2 cm³/mol. The van der Waals surface area contributed by atoms with Gasteiger partial charge in [0, 0.05) is 21.9 Å². The molecule has 0 aliphatic heterocycles. The Bertz CT molecular complexity index is 979. The van der Waals surface area contributed by atoms with Crippen LogP contribution in [0, 0.1) is 12.1 Å². The predicted octanol–water partition coefficient (Wildman–Crippen LogP) is 2.88. The van der Waals surface area contributed by atoms with E-state index < -0.39 is 0 Å². The molecular weight excluding hydrogens is 250 g/mol. The van der Waals surface area contributed by atoms with Gasteiger partial charge in [0.2, 0.25) is 5.65 Å². The molecule has 4 aromatic rings. The number of aryl methyl sites for hydroxylation is 1. The fourth-order valence-corrected chi connectivity index (χ4v) is 2.55. The van der Waals surface area contributed by atoms with Gasteiger partial charge in [-0.3, -0.25) is 0 Å². The first-order valence-corrected chi connectivity index (χ1v) is 6.42. The molecule has 0 saturated heterocycles. The Morgan fingerprint density at radius 1 is 1.00 bits per heavy atom. The molecule has 96 valence electrons. The van der Waals surface area contributed by atoms with Crippen molar-refractivity contribution in [2.45, 2.75) is 6.92 Å². The molecule has 4 heteroatoms. The molecule has 2 aromatic heterocycles. The van der Waals surface area contributed by atoms with E-state index in [0.29, 0.717) is 16.0 Å². The molecule has 0 saturated carbocycles. The topological polar surface area (TPSA) is 52.7 Å². The minimum atomic E-state index is 0.482. The Hall–Kier alpha value is -2.75. The number of rotatable bonds is 0. The minimum absolute atomic E-state index is 0.482. The van der Waals surface area contributed by atoms with Crippen molar-refractivity contribution in [3.8, 4) is 0 Å². The lowest BCUT2D eigenvalue weighted by atomic mass is 10.1. The number of para-hydroxylation sites is 1. The second-order valence-electron chi connectivity index (χ2n) is 4.95. The van der Waals surface area contributed by atoms with Crippen LogP contribution in [-0.4, -0.2) is 10.1 Å². The minimum Gasteiger partial charge on any atom is -0.594 e. The Balaban J connectivity index is 2.26. The molecule has 0 atom stereocenters. The summed E-state index contributed by atoms with van der Waals surface area (Å²) in [5.41, 5.74) is 2.94. The lowest BCUT2D eigenvalue weighted by Crippen LogP contribution is -2.32. The molecule has 0 N–H and O–H groups in total. The van der Waals surface area contributed by atoms with Crippen LogP contribution in [0.3, 0.4) is 0 Å². The fraction of sp³-hybridized carbons (Fsp3) is 0.0625. The van der Waals surface area contributed by atoms with E-state index in [1.54, 1.807) is 0 Å². The van der Waals surface area contributed by atoms with Gasteiger partial charge in [-0.15, -0.1) is 0 Å². The van der Waals surface area contributed by atoms with Crippen LogP contribution in [0.4, 0.5) is 0 Å². The molecule has 0 aliphatic carbocycles.